The highest BCUT2D eigenvalue weighted by atomic mass is 33.1. The van der Waals surface area contributed by atoms with Crippen molar-refractivity contribution in [2.24, 2.45) is 40.4 Å². The van der Waals surface area contributed by atoms with E-state index in [4.69, 9.17) is 4.55 Å². The predicted octanol–water partition coefficient (Wildman–Crippen LogP) is 4.50. The van der Waals surface area contributed by atoms with E-state index in [0.29, 0.717) is 39.9 Å². The molecule has 8 atom stereocenters. The van der Waals surface area contributed by atoms with E-state index in [1.165, 1.54) is 12.8 Å². The minimum Gasteiger partial charge on any atom is -0.390 e. The summed E-state index contributed by atoms with van der Waals surface area (Å²) in [4.78, 5) is 12.9. The fourth-order valence-electron chi connectivity index (χ4n) is 8.19. The minimum absolute atomic E-state index is 0.00955. The Balaban J connectivity index is 1.51. The summed E-state index contributed by atoms with van der Waals surface area (Å²) in [7, 11) is -3.81. The molecular weight excluding hydrogens is 408 g/mol. The average Bonchev–Trinajstić information content (AvgIpc) is 2.97. The highest BCUT2D eigenvalue weighted by Gasteiger charge is 2.61. The van der Waals surface area contributed by atoms with Crippen LogP contribution in [0.3, 0.4) is 0 Å². The highest BCUT2D eigenvalue weighted by molar-refractivity contribution is 8.70. The first-order chi connectivity index (χ1) is 13.4. The van der Waals surface area contributed by atoms with E-state index in [1.54, 1.807) is 0 Å². The molecule has 2 N–H and O–H groups in total. The lowest BCUT2D eigenvalue weighted by Gasteiger charge is -2.61. The molecule has 166 valence electrons. The van der Waals surface area contributed by atoms with Crippen molar-refractivity contribution in [2.75, 3.05) is 5.75 Å². The quantitative estimate of drug-likeness (QED) is 0.490. The number of Topliss-reactive ketones (excluding diaryl/α,β-unsaturated/α-hetero) is 1. The molecule has 0 amide bonds. The Bertz CT molecular complexity index is 778. The number of ketones is 1. The molecule has 7 heteroatoms. The standard InChI is InChI=1S/C22H36O5S2/c1-20(24)10-11-21(2)14(12-20)4-5-15-16-6-7-18(19(23)13-28-29(25,26)27)22(16,3)9-8-17(15)21/h14-18,24H,4-13H2,1-3H3,(H,25,26,27). The second kappa shape index (κ2) is 7.21. The van der Waals surface area contributed by atoms with Gasteiger partial charge in [0.05, 0.1) is 11.4 Å². The Morgan fingerprint density at radius 2 is 1.66 bits per heavy atom. The molecule has 29 heavy (non-hydrogen) atoms. The van der Waals surface area contributed by atoms with Crippen molar-refractivity contribution in [2.45, 2.75) is 84.2 Å². The Hall–Kier alpha value is -0.110. The van der Waals surface area contributed by atoms with Crippen LogP contribution in [0.25, 0.3) is 0 Å². The molecule has 4 rings (SSSR count). The maximum Gasteiger partial charge on any atom is 0.320 e. The first-order valence-corrected chi connectivity index (χ1v) is 14.2. The van der Waals surface area contributed by atoms with Gasteiger partial charge in [0.15, 0.2) is 0 Å². The molecule has 8 unspecified atom stereocenters. The van der Waals surface area contributed by atoms with Crippen molar-refractivity contribution in [1.82, 2.24) is 0 Å². The Kier molecular flexibility index (Phi) is 5.49. The number of rotatable bonds is 4. The Morgan fingerprint density at radius 3 is 2.34 bits per heavy atom. The molecule has 0 aromatic carbocycles. The fraction of sp³-hybridized carbons (Fsp3) is 0.955. The lowest BCUT2D eigenvalue weighted by Crippen LogP contribution is -2.55. The molecule has 0 aromatic heterocycles. The van der Waals surface area contributed by atoms with Crippen LogP contribution >= 0.6 is 10.8 Å². The predicted molar refractivity (Wildman–Crippen MR) is 115 cm³/mol. The summed E-state index contributed by atoms with van der Waals surface area (Å²) >= 11 is 0. The molecule has 0 heterocycles. The van der Waals surface area contributed by atoms with Gasteiger partial charge in [-0.2, -0.15) is 8.42 Å². The van der Waals surface area contributed by atoms with Gasteiger partial charge in [-0.1, -0.05) is 13.8 Å². The molecule has 5 nitrogen and oxygen atoms in total. The Morgan fingerprint density at radius 1 is 0.966 bits per heavy atom. The van der Waals surface area contributed by atoms with Crippen LogP contribution < -0.4 is 0 Å². The molecule has 4 saturated carbocycles. The van der Waals surface area contributed by atoms with E-state index in [9.17, 15) is 18.3 Å². The maximum absolute atomic E-state index is 12.9. The third kappa shape index (κ3) is 3.83. The van der Waals surface area contributed by atoms with Crippen molar-refractivity contribution < 1.29 is 22.9 Å². The smallest absolute Gasteiger partial charge is 0.320 e. The summed E-state index contributed by atoms with van der Waals surface area (Å²) in [5.74, 6) is 2.22. The molecule has 0 aromatic rings. The zero-order valence-electron chi connectivity index (χ0n) is 17.9. The van der Waals surface area contributed by atoms with Crippen LogP contribution in [0, 0.1) is 40.4 Å². The van der Waals surface area contributed by atoms with Gasteiger partial charge in [-0.05, 0) is 99.2 Å². The molecule has 0 aliphatic heterocycles. The van der Waals surface area contributed by atoms with Gasteiger partial charge in [0, 0.05) is 16.7 Å². The number of carbonyl (C=O) groups excluding carboxylic acids is 1. The average molecular weight is 445 g/mol. The molecular formula is C22H36O5S2. The van der Waals surface area contributed by atoms with Gasteiger partial charge in [0.25, 0.3) is 0 Å². The van der Waals surface area contributed by atoms with Crippen LogP contribution in [0.4, 0.5) is 0 Å². The lowest BCUT2D eigenvalue weighted by atomic mass is 9.44. The first kappa shape index (κ1) is 22.1. The number of aliphatic hydroxyl groups is 1. The van der Waals surface area contributed by atoms with Crippen LogP contribution in [0.15, 0.2) is 0 Å². The van der Waals surface area contributed by atoms with Gasteiger partial charge in [-0.25, -0.2) is 0 Å². The van der Waals surface area contributed by atoms with Crippen molar-refractivity contribution in [3.05, 3.63) is 0 Å². The molecule has 0 radical (unpaired) electrons. The van der Waals surface area contributed by atoms with E-state index in [2.05, 4.69) is 13.8 Å². The van der Waals surface area contributed by atoms with E-state index < -0.39 is 14.8 Å². The minimum atomic E-state index is -4.17. The van der Waals surface area contributed by atoms with Gasteiger partial charge in [-0.15, -0.1) is 0 Å². The largest absolute Gasteiger partial charge is 0.390 e. The van der Waals surface area contributed by atoms with Crippen LogP contribution in [-0.4, -0.2) is 35.2 Å². The van der Waals surface area contributed by atoms with E-state index in [-0.39, 0.29) is 22.9 Å². The van der Waals surface area contributed by atoms with Gasteiger partial charge in [0.1, 0.15) is 5.78 Å². The molecule has 0 saturated heterocycles. The highest BCUT2D eigenvalue weighted by Crippen LogP contribution is 2.68. The summed E-state index contributed by atoms with van der Waals surface area (Å²) in [6.07, 6.45) is 9.36. The van der Waals surface area contributed by atoms with E-state index >= 15 is 0 Å². The number of fused-ring (bicyclic) bond motifs is 5. The second-order valence-corrected chi connectivity index (χ2v) is 14.5. The monoisotopic (exact) mass is 444 g/mol. The van der Waals surface area contributed by atoms with Crippen LogP contribution in [0.1, 0.15) is 78.6 Å². The van der Waals surface area contributed by atoms with Crippen LogP contribution in [0.2, 0.25) is 0 Å². The molecule has 0 bridgehead atoms. The Labute approximate surface area is 178 Å². The summed E-state index contributed by atoms with van der Waals surface area (Å²) < 4.78 is 31.1. The SMILES string of the molecule is CC1(O)CCC2(C)C(CCC3C2CCC2(C)C(C(=O)CSS(=O)(=O)O)CCC32)C1. The van der Waals surface area contributed by atoms with Crippen molar-refractivity contribution in [3.63, 3.8) is 0 Å². The van der Waals surface area contributed by atoms with E-state index in [1.807, 2.05) is 6.92 Å². The first-order valence-electron chi connectivity index (χ1n) is 11.2. The molecule has 4 aliphatic rings. The topological polar surface area (TPSA) is 91.7 Å². The number of hydrogen-bond acceptors (Lipinski definition) is 5. The number of carbonyl (C=O) groups is 1. The normalized spacial score (nSPS) is 49.8. The van der Waals surface area contributed by atoms with Crippen molar-refractivity contribution in [1.29, 1.82) is 0 Å². The van der Waals surface area contributed by atoms with Crippen LogP contribution in [-0.2, 0) is 13.9 Å². The summed E-state index contributed by atoms with van der Waals surface area (Å²) in [5.41, 5.74) is -0.257. The molecule has 4 aliphatic carbocycles. The number of hydrogen-bond donors (Lipinski definition) is 2. The van der Waals surface area contributed by atoms with Gasteiger partial charge in [0.2, 0.25) is 0 Å². The zero-order valence-corrected chi connectivity index (χ0v) is 19.5. The third-order valence-electron chi connectivity index (χ3n) is 9.69. The van der Waals surface area contributed by atoms with Gasteiger partial charge >= 0.3 is 9.15 Å². The van der Waals surface area contributed by atoms with E-state index in [0.717, 1.165) is 44.9 Å². The molecule has 4 fully saturated rings. The lowest BCUT2D eigenvalue weighted by molar-refractivity contribution is -0.150. The summed E-state index contributed by atoms with van der Waals surface area (Å²) in [5, 5.41) is 10.6. The summed E-state index contributed by atoms with van der Waals surface area (Å²) in [6.45, 7) is 6.72. The van der Waals surface area contributed by atoms with Crippen molar-refractivity contribution >= 4 is 25.7 Å². The van der Waals surface area contributed by atoms with Gasteiger partial charge < -0.3 is 5.11 Å². The second-order valence-electron chi connectivity index (χ2n) is 11.2. The fourth-order valence-corrected chi connectivity index (χ4v) is 9.45. The molecule has 0 spiro atoms. The zero-order chi connectivity index (χ0) is 21.2. The van der Waals surface area contributed by atoms with Crippen LogP contribution in [0.5, 0.6) is 0 Å². The third-order valence-corrected chi connectivity index (χ3v) is 11.6. The van der Waals surface area contributed by atoms with Crippen molar-refractivity contribution in [3.8, 4) is 0 Å². The van der Waals surface area contributed by atoms with Gasteiger partial charge in [-0.3, -0.25) is 9.35 Å². The maximum atomic E-state index is 12.9. The summed E-state index contributed by atoms with van der Waals surface area (Å²) in [6, 6.07) is 0.